The van der Waals surface area contributed by atoms with Gasteiger partial charge >= 0.3 is 48.9 Å². The summed E-state index contributed by atoms with van der Waals surface area (Å²) in [5, 5.41) is 0. The van der Waals surface area contributed by atoms with Crippen LogP contribution in [0.2, 0.25) is 0 Å². The summed E-state index contributed by atoms with van der Waals surface area (Å²) in [6.07, 6.45) is 0. The van der Waals surface area contributed by atoms with Gasteiger partial charge in [-0.25, -0.2) is 0 Å². The second kappa shape index (κ2) is 565. The average molecular weight is 299 g/mol. The van der Waals surface area contributed by atoms with E-state index in [0.717, 1.165) is 0 Å². The predicted molar refractivity (Wildman–Crippen MR) is 28.6 cm³/mol. The average Bonchev–Trinajstić information content (AvgIpc) is 0. The van der Waals surface area contributed by atoms with E-state index in [-0.39, 0.29) is 86.5 Å². The van der Waals surface area contributed by atoms with Crippen LogP contribution in [-0.2, 0) is 0 Å². The zero-order chi connectivity index (χ0) is 0. The summed E-state index contributed by atoms with van der Waals surface area (Å²) >= 11 is 0. The first-order valence-electron chi connectivity index (χ1n) is 0. The maximum atomic E-state index is 0. The topological polar surface area (TPSA) is 0 Å². The molecule has 0 aliphatic carbocycles. The molecule has 0 aliphatic rings. The second-order valence-electron chi connectivity index (χ2n) is 0. The van der Waals surface area contributed by atoms with Gasteiger partial charge in [0.05, 0.1) is 0 Å². The molecule has 0 aromatic rings. The molecule has 0 saturated carbocycles. The standard InChI is InChI=1S/Ba.8FH.2H/h;8*1H;;. The normalized spacial score (nSPS) is 0. The summed E-state index contributed by atoms with van der Waals surface area (Å²) in [6, 6.07) is 0. The van der Waals surface area contributed by atoms with Gasteiger partial charge in [0.2, 0.25) is 0 Å². The number of rotatable bonds is 0. The summed E-state index contributed by atoms with van der Waals surface area (Å²) in [5.74, 6) is 0. The molecule has 0 aliphatic heterocycles. The van der Waals surface area contributed by atoms with E-state index in [9.17, 15) is 0 Å². The van der Waals surface area contributed by atoms with Gasteiger partial charge in [-0.3, -0.25) is 37.6 Å². The van der Waals surface area contributed by atoms with Crippen molar-refractivity contribution >= 4 is 48.9 Å². The van der Waals surface area contributed by atoms with Gasteiger partial charge in [0, 0.05) is 0 Å². The Hall–Kier alpha value is 1.01. The fourth-order valence-electron chi connectivity index (χ4n) is 0. The Morgan fingerprint density at radius 3 is 0.222 bits per heavy atom. The van der Waals surface area contributed by atoms with Crippen LogP contribution in [0.4, 0.5) is 37.6 Å². The fourth-order valence-corrected chi connectivity index (χ4v) is 0. The molecule has 0 atom stereocenters. The van der Waals surface area contributed by atoms with Crippen LogP contribution in [0.3, 0.4) is 0 Å². The molecule has 0 bridgehead atoms. The van der Waals surface area contributed by atoms with Gasteiger partial charge < -0.3 is 0 Å². The van der Waals surface area contributed by atoms with Crippen LogP contribution in [0.25, 0.3) is 0 Å². The molecule has 0 radical (unpaired) electrons. The second-order valence-corrected chi connectivity index (χ2v) is 0. The third-order valence-electron chi connectivity index (χ3n) is 0. The molecule has 0 unspecified atom stereocenters. The van der Waals surface area contributed by atoms with Crippen molar-refractivity contribution in [3.63, 3.8) is 0 Å². The summed E-state index contributed by atoms with van der Waals surface area (Å²) < 4.78 is 0. The Bertz CT molecular complexity index is 4.53. The first kappa shape index (κ1) is 795. The van der Waals surface area contributed by atoms with Gasteiger partial charge in [-0.05, 0) is 0 Å². The zero-order valence-electron chi connectivity index (χ0n) is 3.27. The van der Waals surface area contributed by atoms with Gasteiger partial charge in [0.25, 0.3) is 0 Å². The third kappa shape index (κ3) is 433. The number of halogens is 8. The van der Waals surface area contributed by atoms with Gasteiger partial charge in [0.1, 0.15) is 0 Å². The van der Waals surface area contributed by atoms with Crippen molar-refractivity contribution in [1.29, 1.82) is 0 Å². The Labute approximate surface area is 85.8 Å². The zero-order valence-corrected chi connectivity index (χ0v) is 3.27. The van der Waals surface area contributed by atoms with Crippen LogP contribution in [0.1, 0.15) is 0 Å². The molecule has 0 saturated heterocycles. The molecule has 0 rings (SSSR count). The van der Waals surface area contributed by atoms with E-state index in [4.69, 9.17) is 0 Å². The summed E-state index contributed by atoms with van der Waals surface area (Å²) in [7, 11) is 0. The van der Waals surface area contributed by atoms with E-state index < -0.39 is 0 Å². The molecular weight excluding hydrogens is 289 g/mol. The Morgan fingerprint density at radius 2 is 0.222 bits per heavy atom. The third-order valence-corrected chi connectivity index (χ3v) is 0. The van der Waals surface area contributed by atoms with Gasteiger partial charge in [-0.1, -0.05) is 0 Å². The SMILES string of the molecule is F.F.F.F.F.F.F.F.[BaH2]. The molecule has 9 heavy (non-hydrogen) atoms. The number of hydrogen-bond acceptors (Lipinski definition) is 0. The molecule has 0 aromatic carbocycles. The van der Waals surface area contributed by atoms with Crippen molar-refractivity contribution in [3.05, 3.63) is 0 Å². The predicted octanol–water partition coefficient (Wildman–Crippen LogP) is 0.304. The van der Waals surface area contributed by atoms with Crippen molar-refractivity contribution in [2.45, 2.75) is 0 Å². The summed E-state index contributed by atoms with van der Waals surface area (Å²) in [6.45, 7) is 0. The maximum absolute atomic E-state index is 0. The monoisotopic (exact) mass is 300 g/mol. The van der Waals surface area contributed by atoms with Crippen LogP contribution >= 0.6 is 0 Å². The Morgan fingerprint density at radius 1 is 0.222 bits per heavy atom. The van der Waals surface area contributed by atoms with Gasteiger partial charge in [0.15, 0.2) is 0 Å². The van der Waals surface area contributed by atoms with Gasteiger partial charge in [-0.2, -0.15) is 0 Å². The van der Waals surface area contributed by atoms with Gasteiger partial charge in [-0.15, -0.1) is 0 Å². The first-order chi connectivity index (χ1) is 0. The molecule has 68 valence electrons. The Kier molecular flexibility index (Phi) is 49900. The van der Waals surface area contributed by atoms with Crippen molar-refractivity contribution < 1.29 is 37.6 Å². The minimum absolute atomic E-state index is 0. The molecule has 9 heteroatoms. The van der Waals surface area contributed by atoms with E-state index in [2.05, 4.69) is 0 Å². The minimum atomic E-state index is 0. The van der Waals surface area contributed by atoms with Crippen LogP contribution in [0, 0.1) is 0 Å². The van der Waals surface area contributed by atoms with Crippen LogP contribution in [-0.4, -0.2) is 48.9 Å². The fraction of sp³-hybridized carbons (Fsp3) is 0. The van der Waals surface area contributed by atoms with Crippen LogP contribution in [0.5, 0.6) is 0 Å². The van der Waals surface area contributed by atoms with Crippen molar-refractivity contribution in [3.8, 4) is 0 Å². The molecule has 0 aromatic heterocycles. The van der Waals surface area contributed by atoms with Crippen molar-refractivity contribution in [1.82, 2.24) is 0 Å². The summed E-state index contributed by atoms with van der Waals surface area (Å²) in [5.41, 5.74) is 0. The van der Waals surface area contributed by atoms with E-state index >= 15 is 0 Å². The van der Waals surface area contributed by atoms with E-state index in [1.54, 1.807) is 0 Å². The van der Waals surface area contributed by atoms with Crippen LogP contribution < -0.4 is 0 Å². The Balaban J connectivity index is 0. The van der Waals surface area contributed by atoms with Crippen molar-refractivity contribution in [2.24, 2.45) is 0 Å². The molecule has 0 spiro atoms. The summed E-state index contributed by atoms with van der Waals surface area (Å²) in [4.78, 5) is 0. The number of hydrogen-bond donors (Lipinski definition) is 0. The van der Waals surface area contributed by atoms with Crippen LogP contribution in [0.15, 0.2) is 0 Å². The first-order valence-corrected chi connectivity index (χ1v) is 0. The molecular formula is H10BaF8. The quantitative estimate of drug-likeness (QED) is 0.446. The molecule has 0 nitrogen and oxygen atoms in total. The molecule has 0 N–H and O–H groups in total. The molecule has 0 heterocycles. The molecule has 0 amide bonds. The van der Waals surface area contributed by atoms with Crippen molar-refractivity contribution in [2.75, 3.05) is 0 Å². The van der Waals surface area contributed by atoms with E-state index in [1.165, 1.54) is 0 Å². The van der Waals surface area contributed by atoms with E-state index in [0.29, 0.717) is 0 Å². The molecule has 0 fully saturated rings. The van der Waals surface area contributed by atoms with E-state index in [1.807, 2.05) is 0 Å².